The predicted molar refractivity (Wildman–Crippen MR) is 91.2 cm³/mol. The molecule has 5 nitrogen and oxygen atoms in total. The van der Waals surface area contributed by atoms with Crippen molar-refractivity contribution in [3.63, 3.8) is 0 Å². The quantitative estimate of drug-likeness (QED) is 0.904. The van der Waals surface area contributed by atoms with Crippen LogP contribution in [0.15, 0.2) is 34.9 Å². The molecule has 1 aromatic carbocycles. The number of aryl methyl sites for hydroxylation is 1. The van der Waals surface area contributed by atoms with Gasteiger partial charge in [-0.25, -0.2) is 9.37 Å². The second-order valence-corrected chi connectivity index (χ2v) is 6.58. The third-order valence-corrected chi connectivity index (χ3v) is 4.74. The summed E-state index contributed by atoms with van der Waals surface area (Å²) in [5, 5.41) is 9.72. The first-order valence-corrected chi connectivity index (χ1v) is 8.70. The highest BCUT2D eigenvalue weighted by Crippen LogP contribution is 2.24. The minimum Gasteiger partial charge on any atom is -0.441 e. The van der Waals surface area contributed by atoms with Crippen LogP contribution in [-0.4, -0.2) is 40.1 Å². The maximum Gasteiger partial charge on any atom is 0.223 e. The molecule has 2 aromatic rings. The van der Waals surface area contributed by atoms with Gasteiger partial charge in [-0.05, 0) is 31.9 Å². The number of rotatable bonds is 5. The van der Waals surface area contributed by atoms with E-state index in [9.17, 15) is 14.3 Å². The summed E-state index contributed by atoms with van der Waals surface area (Å²) in [6.45, 7) is 3.10. The molecular formula is C19H23FN2O3. The highest BCUT2D eigenvalue weighted by atomic mass is 19.1. The fourth-order valence-corrected chi connectivity index (χ4v) is 3.21. The van der Waals surface area contributed by atoms with E-state index in [2.05, 4.69) is 4.98 Å². The van der Waals surface area contributed by atoms with Crippen LogP contribution in [0.5, 0.6) is 0 Å². The molecule has 1 saturated heterocycles. The smallest absolute Gasteiger partial charge is 0.223 e. The molecule has 1 fully saturated rings. The molecule has 1 N–H and O–H groups in total. The lowest BCUT2D eigenvalue weighted by Crippen LogP contribution is -2.43. The van der Waals surface area contributed by atoms with Crippen molar-refractivity contribution < 1.29 is 18.7 Å². The minimum atomic E-state index is -0.398. The molecule has 1 amide bonds. The Kier molecular flexibility index (Phi) is 5.48. The second kappa shape index (κ2) is 7.78. The molecule has 25 heavy (non-hydrogen) atoms. The van der Waals surface area contributed by atoms with E-state index >= 15 is 0 Å². The molecular weight excluding hydrogens is 323 g/mol. The number of aromatic nitrogens is 1. The van der Waals surface area contributed by atoms with Crippen LogP contribution in [0.2, 0.25) is 0 Å². The molecule has 6 heteroatoms. The number of amides is 1. The maximum absolute atomic E-state index is 13.8. The van der Waals surface area contributed by atoms with Gasteiger partial charge in [-0.3, -0.25) is 4.79 Å². The number of oxazole rings is 1. The molecule has 0 bridgehead atoms. The van der Waals surface area contributed by atoms with Crippen LogP contribution in [0, 0.1) is 11.7 Å². The Bertz CT molecular complexity index is 729. The lowest BCUT2D eigenvalue weighted by molar-refractivity contribution is -0.133. The summed E-state index contributed by atoms with van der Waals surface area (Å²) in [5.74, 6) is 0.616. The molecule has 0 radical (unpaired) electrons. The number of aliphatic hydroxyl groups is 1. The van der Waals surface area contributed by atoms with Crippen LogP contribution < -0.4 is 0 Å². The standard InChI is InChI=1S/C19H23FN2O3/c1-13(23)14-5-4-10-22(12-14)19(24)9-8-18-21-11-17(25-18)15-6-2-3-7-16(15)20/h2-3,6-7,11,13-14,23H,4-5,8-10,12H2,1H3. The highest BCUT2D eigenvalue weighted by Gasteiger charge is 2.26. The summed E-state index contributed by atoms with van der Waals surface area (Å²) >= 11 is 0. The lowest BCUT2D eigenvalue weighted by Gasteiger charge is -2.34. The van der Waals surface area contributed by atoms with Crippen LogP contribution in [0.1, 0.15) is 32.1 Å². The van der Waals surface area contributed by atoms with Crippen LogP contribution >= 0.6 is 0 Å². The van der Waals surface area contributed by atoms with Crippen LogP contribution in [0.3, 0.4) is 0 Å². The molecule has 134 valence electrons. The van der Waals surface area contributed by atoms with Gasteiger partial charge in [0, 0.05) is 31.8 Å². The van der Waals surface area contributed by atoms with Gasteiger partial charge in [-0.1, -0.05) is 12.1 Å². The van der Waals surface area contributed by atoms with Crippen molar-refractivity contribution in [3.8, 4) is 11.3 Å². The van der Waals surface area contributed by atoms with Crippen molar-refractivity contribution in [2.75, 3.05) is 13.1 Å². The maximum atomic E-state index is 13.8. The number of hydrogen-bond acceptors (Lipinski definition) is 4. The third-order valence-electron chi connectivity index (χ3n) is 4.74. The first-order chi connectivity index (χ1) is 12.0. The Morgan fingerprint density at radius 2 is 2.28 bits per heavy atom. The van der Waals surface area contributed by atoms with E-state index in [1.807, 2.05) is 4.90 Å². The van der Waals surface area contributed by atoms with Gasteiger partial charge in [0.05, 0.1) is 17.9 Å². The number of piperidine rings is 1. The Hall–Kier alpha value is -2.21. The highest BCUT2D eigenvalue weighted by molar-refractivity contribution is 5.76. The van der Waals surface area contributed by atoms with Crippen molar-refractivity contribution in [2.24, 2.45) is 5.92 Å². The van der Waals surface area contributed by atoms with E-state index in [1.54, 1.807) is 25.1 Å². The van der Waals surface area contributed by atoms with Gasteiger partial charge in [-0.15, -0.1) is 0 Å². The van der Waals surface area contributed by atoms with Gasteiger partial charge >= 0.3 is 0 Å². The van der Waals surface area contributed by atoms with Gasteiger partial charge < -0.3 is 14.4 Å². The van der Waals surface area contributed by atoms with E-state index < -0.39 is 6.10 Å². The zero-order chi connectivity index (χ0) is 17.8. The Morgan fingerprint density at radius 1 is 1.48 bits per heavy atom. The summed E-state index contributed by atoms with van der Waals surface area (Å²) in [4.78, 5) is 18.3. The second-order valence-electron chi connectivity index (χ2n) is 6.58. The average molecular weight is 346 g/mol. The Balaban J connectivity index is 1.57. The van der Waals surface area contributed by atoms with Gasteiger partial charge in [0.15, 0.2) is 11.7 Å². The largest absolute Gasteiger partial charge is 0.441 e. The molecule has 2 atom stereocenters. The molecule has 2 unspecified atom stereocenters. The first kappa shape index (κ1) is 17.6. The Morgan fingerprint density at radius 3 is 3.04 bits per heavy atom. The summed E-state index contributed by atoms with van der Waals surface area (Å²) in [6, 6.07) is 6.36. The molecule has 0 aliphatic carbocycles. The summed E-state index contributed by atoms with van der Waals surface area (Å²) in [5.41, 5.74) is 0.364. The number of aliphatic hydroxyl groups excluding tert-OH is 1. The van der Waals surface area contributed by atoms with Gasteiger partial charge in [0.2, 0.25) is 5.91 Å². The van der Waals surface area contributed by atoms with Crippen molar-refractivity contribution >= 4 is 5.91 Å². The molecule has 2 heterocycles. The SMILES string of the molecule is CC(O)C1CCCN(C(=O)CCc2ncc(-c3ccccc3F)o2)C1. The molecule has 0 spiro atoms. The average Bonchev–Trinajstić information content (AvgIpc) is 3.09. The number of likely N-dealkylation sites (tertiary alicyclic amines) is 1. The van der Waals surface area contributed by atoms with E-state index in [0.717, 1.165) is 19.4 Å². The first-order valence-electron chi connectivity index (χ1n) is 8.70. The van der Waals surface area contributed by atoms with Gasteiger partial charge in [0.1, 0.15) is 5.82 Å². The molecule has 1 aliphatic heterocycles. The predicted octanol–water partition coefficient (Wildman–Crippen LogP) is 3.03. The number of halogens is 1. The minimum absolute atomic E-state index is 0.0380. The van der Waals surface area contributed by atoms with E-state index in [0.29, 0.717) is 36.6 Å². The van der Waals surface area contributed by atoms with Crippen LogP contribution in [0.25, 0.3) is 11.3 Å². The van der Waals surface area contributed by atoms with E-state index in [1.165, 1.54) is 12.3 Å². The zero-order valence-electron chi connectivity index (χ0n) is 14.3. The Labute approximate surface area is 146 Å². The normalized spacial score (nSPS) is 19.0. The molecule has 0 saturated carbocycles. The van der Waals surface area contributed by atoms with Crippen LogP contribution in [0.4, 0.5) is 4.39 Å². The van der Waals surface area contributed by atoms with Crippen LogP contribution in [-0.2, 0) is 11.2 Å². The summed E-state index contributed by atoms with van der Waals surface area (Å²) in [6.07, 6.45) is 3.63. The monoisotopic (exact) mass is 346 g/mol. The number of benzene rings is 1. The summed E-state index contributed by atoms with van der Waals surface area (Å²) in [7, 11) is 0. The molecule has 3 rings (SSSR count). The van der Waals surface area contributed by atoms with Crippen molar-refractivity contribution in [3.05, 3.63) is 42.2 Å². The number of hydrogen-bond donors (Lipinski definition) is 1. The number of carbonyl (C=O) groups is 1. The number of carbonyl (C=O) groups excluding carboxylic acids is 1. The fraction of sp³-hybridized carbons (Fsp3) is 0.474. The van der Waals surface area contributed by atoms with Crippen molar-refractivity contribution in [1.29, 1.82) is 0 Å². The van der Waals surface area contributed by atoms with Gasteiger partial charge in [-0.2, -0.15) is 0 Å². The zero-order valence-corrected chi connectivity index (χ0v) is 14.3. The number of nitrogens with zero attached hydrogens (tertiary/aromatic N) is 2. The summed E-state index contributed by atoms with van der Waals surface area (Å²) < 4.78 is 19.4. The fourth-order valence-electron chi connectivity index (χ4n) is 3.21. The third kappa shape index (κ3) is 4.25. The van der Waals surface area contributed by atoms with Gasteiger partial charge in [0.25, 0.3) is 0 Å². The topological polar surface area (TPSA) is 66.6 Å². The molecule has 1 aliphatic rings. The van der Waals surface area contributed by atoms with E-state index in [4.69, 9.17) is 4.42 Å². The lowest BCUT2D eigenvalue weighted by atomic mass is 9.93. The van der Waals surface area contributed by atoms with Crippen molar-refractivity contribution in [2.45, 2.75) is 38.7 Å². The molecule has 1 aromatic heterocycles. The van der Waals surface area contributed by atoms with Crippen molar-refractivity contribution in [1.82, 2.24) is 9.88 Å². The van der Waals surface area contributed by atoms with E-state index in [-0.39, 0.29) is 17.6 Å².